The molecule has 1 heterocycles. The van der Waals surface area contributed by atoms with Crippen molar-refractivity contribution in [2.24, 2.45) is 0 Å². The third-order valence-electron chi connectivity index (χ3n) is 4.05. The fraction of sp³-hybridized carbons (Fsp3) is 0.412. The summed E-state index contributed by atoms with van der Waals surface area (Å²) in [5.41, 5.74) is 1.58. The number of carbonyl (C=O) groups excluding carboxylic acids is 2. The second-order valence-electron chi connectivity index (χ2n) is 5.84. The van der Waals surface area contributed by atoms with Crippen molar-refractivity contribution in [1.29, 1.82) is 0 Å². The van der Waals surface area contributed by atoms with Gasteiger partial charge in [-0.3, -0.25) is 9.59 Å². The molecular formula is C17H20N2O3. The Bertz CT molecular complexity index is 637. The Morgan fingerprint density at radius 1 is 1.27 bits per heavy atom. The van der Waals surface area contributed by atoms with Gasteiger partial charge in [-0.2, -0.15) is 0 Å². The van der Waals surface area contributed by atoms with Gasteiger partial charge in [0.2, 0.25) is 0 Å². The monoisotopic (exact) mass is 300 g/mol. The fourth-order valence-electron chi connectivity index (χ4n) is 2.88. The van der Waals surface area contributed by atoms with Crippen molar-refractivity contribution in [2.45, 2.75) is 25.4 Å². The Balaban J connectivity index is 1.93. The SMILES string of the molecule is CN(C)C(=O)[C@H]1CN(C(=O)C2=CCCC2)c2ccccc2O1. The molecule has 0 saturated heterocycles. The van der Waals surface area contributed by atoms with E-state index in [-0.39, 0.29) is 18.4 Å². The van der Waals surface area contributed by atoms with Crippen LogP contribution < -0.4 is 9.64 Å². The van der Waals surface area contributed by atoms with Gasteiger partial charge in [0.1, 0.15) is 5.75 Å². The predicted molar refractivity (Wildman–Crippen MR) is 83.8 cm³/mol. The van der Waals surface area contributed by atoms with Crippen molar-refractivity contribution < 1.29 is 14.3 Å². The van der Waals surface area contributed by atoms with E-state index in [1.54, 1.807) is 25.1 Å². The lowest BCUT2D eigenvalue weighted by molar-refractivity contribution is -0.136. The Morgan fingerprint density at radius 3 is 2.73 bits per heavy atom. The zero-order valence-corrected chi connectivity index (χ0v) is 12.9. The van der Waals surface area contributed by atoms with Crippen molar-refractivity contribution in [3.63, 3.8) is 0 Å². The molecule has 5 nitrogen and oxygen atoms in total. The van der Waals surface area contributed by atoms with E-state index in [1.165, 1.54) is 4.90 Å². The molecule has 0 N–H and O–H groups in total. The molecule has 22 heavy (non-hydrogen) atoms. The summed E-state index contributed by atoms with van der Waals surface area (Å²) in [5, 5.41) is 0. The Morgan fingerprint density at radius 2 is 2.05 bits per heavy atom. The molecule has 2 amide bonds. The summed E-state index contributed by atoms with van der Waals surface area (Å²) in [6.45, 7) is 0.254. The Labute approximate surface area is 130 Å². The molecule has 1 aliphatic carbocycles. The number of nitrogens with zero attached hydrogens (tertiary/aromatic N) is 2. The minimum atomic E-state index is -0.657. The number of rotatable bonds is 2. The first-order valence-corrected chi connectivity index (χ1v) is 7.55. The zero-order valence-electron chi connectivity index (χ0n) is 12.9. The zero-order chi connectivity index (χ0) is 15.7. The van der Waals surface area contributed by atoms with Gasteiger partial charge in [0.05, 0.1) is 12.2 Å². The first kappa shape index (κ1) is 14.6. The number of benzene rings is 1. The van der Waals surface area contributed by atoms with Crippen molar-refractivity contribution >= 4 is 17.5 Å². The first-order chi connectivity index (χ1) is 10.6. The molecule has 3 rings (SSSR count). The minimum absolute atomic E-state index is 0.00944. The van der Waals surface area contributed by atoms with Gasteiger partial charge in [-0.15, -0.1) is 0 Å². The number of para-hydroxylation sites is 2. The maximum atomic E-state index is 12.8. The fourth-order valence-corrected chi connectivity index (χ4v) is 2.88. The number of carbonyl (C=O) groups is 2. The molecule has 0 bridgehead atoms. The van der Waals surface area contributed by atoms with Crippen LogP contribution in [0.1, 0.15) is 19.3 Å². The maximum Gasteiger partial charge on any atom is 0.265 e. The van der Waals surface area contributed by atoms with Crippen LogP contribution in [0, 0.1) is 0 Å². The highest BCUT2D eigenvalue weighted by Gasteiger charge is 2.35. The van der Waals surface area contributed by atoms with E-state index in [1.807, 2.05) is 24.3 Å². The van der Waals surface area contributed by atoms with Crippen molar-refractivity contribution in [3.05, 3.63) is 35.9 Å². The van der Waals surface area contributed by atoms with Crippen molar-refractivity contribution in [1.82, 2.24) is 4.90 Å². The highest BCUT2D eigenvalue weighted by atomic mass is 16.5. The number of allylic oxidation sites excluding steroid dienone is 1. The lowest BCUT2D eigenvalue weighted by Gasteiger charge is -2.35. The third kappa shape index (κ3) is 2.58. The number of amides is 2. The molecule has 0 fully saturated rings. The average molecular weight is 300 g/mol. The third-order valence-corrected chi connectivity index (χ3v) is 4.05. The van der Waals surface area contributed by atoms with Gasteiger partial charge >= 0.3 is 0 Å². The molecule has 1 aromatic rings. The summed E-state index contributed by atoms with van der Waals surface area (Å²) >= 11 is 0. The number of fused-ring (bicyclic) bond motifs is 1. The summed E-state index contributed by atoms with van der Waals surface area (Å²) in [7, 11) is 3.38. The second-order valence-corrected chi connectivity index (χ2v) is 5.84. The second kappa shape index (κ2) is 5.83. The van der Waals surface area contributed by atoms with Crippen molar-refractivity contribution in [3.8, 4) is 5.75 Å². The van der Waals surface area contributed by atoms with E-state index in [0.717, 1.165) is 30.5 Å². The molecule has 116 valence electrons. The molecule has 0 radical (unpaired) electrons. The van der Waals surface area contributed by atoms with E-state index in [0.29, 0.717) is 5.75 Å². The average Bonchev–Trinajstić information content (AvgIpc) is 3.06. The largest absolute Gasteiger partial charge is 0.476 e. The number of hydrogen-bond acceptors (Lipinski definition) is 3. The smallest absolute Gasteiger partial charge is 0.265 e. The van der Waals surface area contributed by atoms with E-state index in [4.69, 9.17) is 4.74 Å². The molecule has 0 aromatic heterocycles. The van der Waals surface area contributed by atoms with Crippen LogP contribution in [0.3, 0.4) is 0 Å². The van der Waals surface area contributed by atoms with Crippen LogP contribution in [0.15, 0.2) is 35.9 Å². The lowest BCUT2D eigenvalue weighted by Crippen LogP contribution is -2.50. The standard InChI is InChI=1S/C17H20N2O3/c1-18(2)17(21)15-11-19(16(20)12-7-3-4-8-12)13-9-5-6-10-14(13)22-15/h5-7,9-10,15H,3-4,8,11H2,1-2H3/t15-/m1/s1. The topological polar surface area (TPSA) is 49.9 Å². The van der Waals surface area contributed by atoms with Crippen molar-refractivity contribution in [2.75, 3.05) is 25.5 Å². The molecule has 0 spiro atoms. The molecule has 0 unspecified atom stereocenters. The molecule has 2 aliphatic rings. The number of anilines is 1. The highest BCUT2D eigenvalue weighted by molar-refractivity contribution is 6.07. The van der Waals surface area contributed by atoms with Crippen LogP contribution in [0.5, 0.6) is 5.75 Å². The molecule has 1 aliphatic heterocycles. The van der Waals surface area contributed by atoms with Crippen LogP contribution in [0.4, 0.5) is 5.69 Å². The van der Waals surface area contributed by atoms with Crippen LogP contribution >= 0.6 is 0 Å². The number of hydrogen-bond donors (Lipinski definition) is 0. The van der Waals surface area contributed by atoms with Crippen LogP contribution in [-0.4, -0.2) is 43.5 Å². The van der Waals surface area contributed by atoms with Crippen LogP contribution in [-0.2, 0) is 9.59 Å². The quantitative estimate of drug-likeness (QED) is 0.839. The summed E-state index contributed by atoms with van der Waals surface area (Å²) in [4.78, 5) is 28.2. The van der Waals surface area contributed by atoms with E-state index < -0.39 is 6.10 Å². The molecule has 1 atom stereocenters. The number of likely N-dealkylation sites (N-methyl/N-ethyl adjacent to an activating group) is 1. The van der Waals surface area contributed by atoms with Gasteiger partial charge in [-0.05, 0) is 31.4 Å². The van der Waals surface area contributed by atoms with E-state index in [9.17, 15) is 9.59 Å². The van der Waals surface area contributed by atoms with Gasteiger partial charge in [-0.1, -0.05) is 18.2 Å². The van der Waals surface area contributed by atoms with Crippen LogP contribution in [0.2, 0.25) is 0 Å². The van der Waals surface area contributed by atoms with Gasteiger partial charge in [-0.25, -0.2) is 0 Å². The van der Waals surface area contributed by atoms with E-state index >= 15 is 0 Å². The summed E-state index contributed by atoms with van der Waals surface area (Å²) < 4.78 is 5.79. The molecule has 0 saturated carbocycles. The normalized spacial score (nSPS) is 20.0. The van der Waals surface area contributed by atoms with Gasteiger partial charge < -0.3 is 14.5 Å². The number of ether oxygens (including phenoxy) is 1. The van der Waals surface area contributed by atoms with Gasteiger partial charge in [0.15, 0.2) is 6.10 Å². The van der Waals surface area contributed by atoms with E-state index in [2.05, 4.69) is 0 Å². The highest BCUT2D eigenvalue weighted by Crippen LogP contribution is 2.35. The molecule has 5 heteroatoms. The molecule has 1 aromatic carbocycles. The Kier molecular flexibility index (Phi) is 3.88. The summed E-state index contributed by atoms with van der Waals surface area (Å²) in [5.74, 6) is 0.443. The van der Waals surface area contributed by atoms with Gasteiger partial charge in [0.25, 0.3) is 11.8 Å². The van der Waals surface area contributed by atoms with Gasteiger partial charge in [0, 0.05) is 19.7 Å². The Hall–Kier alpha value is -2.30. The first-order valence-electron chi connectivity index (χ1n) is 7.55. The lowest BCUT2D eigenvalue weighted by atomic mass is 10.1. The minimum Gasteiger partial charge on any atom is -0.476 e. The summed E-state index contributed by atoms with van der Waals surface area (Å²) in [6, 6.07) is 7.38. The maximum absolute atomic E-state index is 12.8. The molecular weight excluding hydrogens is 280 g/mol. The predicted octanol–water partition coefficient (Wildman–Crippen LogP) is 1.98. The van der Waals surface area contributed by atoms with Crippen LogP contribution in [0.25, 0.3) is 0 Å². The summed E-state index contributed by atoms with van der Waals surface area (Å²) in [6.07, 6.45) is 4.13.